The zero-order valence-corrected chi connectivity index (χ0v) is 17.6. The highest BCUT2D eigenvalue weighted by Crippen LogP contribution is 2.22. The van der Waals surface area contributed by atoms with Gasteiger partial charge in [0.25, 0.3) is 5.91 Å². The number of aromatic nitrogens is 4. The van der Waals surface area contributed by atoms with Crippen molar-refractivity contribution < 1.29 is 14.3 Å². The van der Waals surface area contributed by atoms with E-state index in [2.05, 4.69) is 26.2 Å². The van der Waals surface area contributed by atoms with Crippen LogP contribution < -0.4 is 10.6 Å². The molecule has 1 aliphatic carbocycles. The third-order valence-electron chi connectivity index (χ3n) is 5.37. The molecular weight excluding hydrogens is 404 g/mol. The van der Waals surface area contributed by atoms with Crippen molar-refractivity contribution in [2.24, 2.45) is 0 Å². The lowest BCUT2D eigenvalue weighted by Crippen LogP contribution is -2.33. The average Bonchev–Trinajstić information content (AvgIpc) is 3.51. The number of anilines is 1. The maximum atomic E-state index is 12.6. The summed E-state index contributed by atoms with van der Waals surface area (Å²) in [5, 5.41) is 18.2. The highest BCUT2D eigenvalue weighted by atomic mass is 32.2. The molecule has 0 radical (unpaired) electrons. The fraction of sp³-hybridized carbons (Fsp3) is 0.550. The van der Waals surface area contributed by atoms with Crippen LogP contribution in [-0.4, -0.2) is 56.5 Å². The van der Waals surface area contributed by atoms with Crippen molar-refractivity contribution in [3.8, 4) is 0 Å². The molecule has 2 N–H and O–H groups in total. The number of hydrogen-bond donors (Lipinski definition) is 2. The Morgan fingerprint density at radius 2 is 2.00 bits per heavy atom. The van der Waals surface area contributed by atoms with Gasteiger partial charge in [-0.05, 0) is 48.2 Å². The Morgan fingerprint density at radius 3 is 2.80 bits per heavy atom. The van der Waals surface area contributed by atoms with E-state index in [0.29, 0.717) is 23.0 Å². The van der Waals surface area contributed by atoms with Crippen LogP contribution in [0, 0.1) is 0 Å². The fourth-order valence-corrected chi connectivity index (χ4v) is 4.52. The molecule has 160 valence electrons. The molecule has 0 bridgehead atoms. The van der Waals surface area contributed by atoms with E-state index in [1.165, 1.54) is 11.8 Å². The van der Waals surface area contributed by atoms with Gasteiger partial charge in [-0.15, -0.1) is 5.10 Å². The maximum absolute atomic E-state index is 12.6. The van der Waals surface area contributed by atoms with Gasteiger partial charge in [0.2, 0.25) is 11.1 Å². The van der Waals surface area contributed by atoms with Crippen molar-refractivity contribution in [3.05, 3.63) is 29.8 Å². The lowest BCUT2D eigenvalue weighted by Gasteiger charge is -2.15. The minimum atomic E-state index is -0.215. The molecule has 2 amide bonds. The van der Waals surface area contributed by atoms with Gasteiger partial charge in [-0.3, -0.25) is 9.59 Å². The normalized spacial score (nSPS) is 19.1. The van der Waals surface area contributed by atoms with Gasteiger partial charge in [0.05, 0.1) is 29.7 Å². The molecular formula is C20H26N6O3S. The van der Waals surface area contributed by atoms with E-state index >= 15 is 0 Å². The molecule has 2 fully saturated rings. The van der Waals surface area contributed by atoms with Gasteiger partial charge in [0.15, 0.2) is 0 Å². The summed E-state index contributed by atoms with van der Waals surface area (Å²) in [7, 11) is 0. The number of nitrogens with zero attached hydrogens (tertiary/aromatic N) is 4. The molecule has 0 unspecified atom stereocenters. The predicted octanol–water partition coefficient (Wildman–Crippen LogP) is 2.26. The SMILES string of the molecule is O=C(CSc1nnnn1C[C@@H]1CCCO1)Nc1ccccc1C(=O)NC1CCCC1. The molecule has 2 aromatic rings. The molecule has 4 rings (SSSR count). The Kier molecular flexibility index (Phi) is 6.96. The minimum Gasteiger partial charge on any atom is -0.376 e. The van der Waals surface area contributed by atoms with Crippen molar-refractivity contribution in [1.29, 1.82) is 0 Å². The molecule has 10 heteroatoms. The number of rotatable bonds is 8. The summed E-state index contributed by atoms with van der Waals surface area (Å²) in [4.78, 5) is 25.2. The van der Waals surface area contributed by atoms with Gasteiger partial charge in [0.1, 0.15) is 0 Å². The van der Waals surface area contributed by atoms with Gasteiger partial charge in [-0.2, -0.15) is 0 Å². The molecule has 1 aliphatic heterocycles. The molecule has 0 spiro atoms. The quantitative estimate of drug-likeness (QED) is 0.618. The number of carbonyl (C=O) groups is 2. The average molecular weight is 431 g/mol. The number of tetrazole rings is 1. The lowest BCUT2D eigenvalue weighted by atomic mass is 10.1. The number of nitrogens with one attached hydrogen (secondary N) is 2. The molecule has 1 aromatic heterocycles. The van der Waals surface area contributed by atoms with Crippen LogP contribution >= 0.6 is 11.8 Å². The van der Waals surface area contributed by atoms with Gasteiger partial charge in [-0.25, -0.2) is 4.68 Å². The van der Waals surface area contributed by atoms with E-state index in [-0.39, 0.29) is 29.7 Å². The first-order valence-corrected chi connectivity index (χ1v) is 11.4. The van der Waals surface area contributed by atoms with Crippen molar-refractivity contribution in [2.45, 2.75) is 62.4 Å². The summed E-state index contributed by atoms with van der Waals surface area (Å²) < 4.78 is 7.30. The number of hydrogen-bond acceptors (Lipinski definition) is 7. The van der Waals surface area contributed by atoms with Crippen molar-refractivity contribution in [2.75, 3.05) is 17.7 Å². The van der Waals surface area contributed by atoms with E-state index in [1.54, 1.807) is 28.9 Å². The molecule has 2 aliphatic rings. The smallest absolute Gasteiger partial charge is 0.253 e. The highest BCUT2D eigenvalue weighted by molar-refractivity contribution is 7.99. The molecule has 1 atom stereocenters. The molecule has 1 aromatic carbocycles. The van der Waals surface area contributed by atoms with E-state index in [0.717, 1.165) is 45.1 Å². The van der Waals surface area contributed by atoms with Crippen LogP contribution in [-0.2, 0) is 16.1 Å². The largest absolute Gasteiger partial charge is 0.376 e. The molecule has 30 heavy (non-hydrogen) atoms. The lowest BCUT2D eigenvalue weighted by molar-refractivity contribution is -0.113. The number of thioether (sulfide) groups is 1. The third-order valence-corrected chi connectivity index (χ3v) is 6.33. The van der Waals surface area contributed by atoms with Crippen LogP contribution in [0.5, 0.6) is 0 Å². The Labute approximate surface area is 179 Å². The van der Waals surface area contributed by atoms with E-state index in [4.69, 9.17) is 4.74 Å². The van der Waals surface area contributed by atoms with Crippen LogP contribution in [0.1, 0.15) is 48.9 Å². The van der Waals surface area contributed by atoms with Gasteiger partial charge in [0, 0.05) is 12.6 Å². The summed E-state index contributed by atoms with van der Waals surface area (Å²) in [5.74, 6) is -0.219. The second-order valence-corrected chi connectivity index (χ2v) is 8.56. The molecule has 1 saturated heterocycles. The highest BCUT2D eigenvalue weighted by Gasteiger charge is 2.21. The molecule has 2 heterocycles. The first kappa shape index (κ1) is 20.8. The van der Waals surface area contributed by atoms with Crippen LogP contribution in [0.2, 0.25) is 0 Å². The monoisotopic (exact) mass is 430 g/mol. The fourth-order valence-electron chi connectivity index (χ4n) is 3.84. The topological polar surface area (TPSA) is 111 Å². The number of carbonyl (C=O) groups excluding carboxylic acids is 2. The van der Waals surface area contributed by atoms with Crippen LogP contribution in [0.15, 0.2) is 29.4 Å². The van der Waals surface area contributed by atoms with Gasteiger partial charge in [-0.1, -0.05) is 36.7 Å². The van der Waals surface area contributed by atoms with Crippen molar-refractivity contribution in [1.82, 2.24) is 25.5 Å². The third kappa shape index (κ3) is 5.37. The maximum Gasteiger partial charge on any atom is 0.253 e. The van der Waals surface area contributed by atoms with Gasteiger partial charge >= 0.3 is 0 Å². The number of benzene rings is 1. The van der Waals surface area contributed by atoms with Crippen molar-refractivity contribution in [3.63, 3.8) is 0 Å². The first-order chi connectivity index (χ1) is 14.7. The van der Waals surface area contributed by atoms with Crippen molar-refractivity contribution >= 4 is 29.3 Å². The Morgan fingerprint density at radius 1 is 1.17 bits per heavy atom. The summed E-state index contributed by atoms with van der Waals surface area (Å²) in [5.41, 5.74) is 0.989. The summed E-state index contributed by atoms with van der Waals surface area (Å²) >= 11 is 1.26. The Balaban J connectivity index is 1.32. The Hall–Kier alpha value is -2.46. The van der Waals surface area contributed by atoms with Crippen LogP contribution in [0.3, 0.4) is 0 Å². The van der Waals surface area contributed by atoms with Crippen LogP contribution in [0.25, 0.3) is 0 Å². The first-order valence-electron chi connectivity index (χ1n) is 10.4. The van der Waals surface area contributed by atoms with Crippen LogP contribution in [0.4, 0.5) is 5.69 Å². The van der Waals surface area contributed by atoms with E-state index < -0.39 is 0 Å². The second-order valence-electron chi connectivity index (χ2n) is 7.62. The van der Waals surface area contributed by atoms with E-state index in [1.807, 2.05) is 0 Å². The minimum absolute atomic E-state index is 0.118. The number of ether oxygens (including phenoxy) is 1. The standard InChI is InChI=1S/C20H26N6O3S/c27-18(13-30-20-23-24-25-26(20)12-15-8-5-11-29-15)22-17-10-4-3-9-16(17)19(28)21-14-6-1-2-7-14/h3-4,9-10,14-15H,1-2,5-8,11-13H2,(H,21,28)(H,22,27)/t15-/m0/s1. The van der Waals surface area contributed by atoms with E-state index in [9.17, 15) is 9.59 Å². The predicted molar refractivity (Wildman–Crippen MR) is 112 cm³/mol. The Bertz CT molecular complexity index is 877. The summed E-state index contributed by atoms with van der Waals surface area (Å²) in [6.45, 7) is 1.35. The molecule has 9 nitrogen and oxygen atoms in total. The second kappa shape index (κ2) is 10.0. The number of para-hydroxylation sites is 1. The summed E-state index contributed by atoms with van der Waals surface area (Å²) in [6, 6.07) is 7.30. The summed E-state index contributed by atoms with van der Waals surface area (Å²) in [6.07, 6.45) is 6.47. The molecule has 1 saturated carbocycles. The zero-order chi connectivity index (χ0) is 20.8. The van der Waals surface area contributed by atoms with Gasteiger partial charge < -0.3 is 15.4 Å². The number of amides is 2. The zero-order valence-electron chi connectivity index (χ0n) is 16.7.